The van der Waals surface area contributed by atoms with Gasteiger partial charge < -0.3 is 15.2 Å². The molecule has 19 heavy (non-hydrogen) atoms. The van der Waals surface area contributed by atoms with Crippen molar-refractivity contribution in [1.82, 2.24) is 5.32 Å². The molecule has 1 rings (SSSR count). The van der Waals surface area contributed by atoms with Crippen LogP contribution in [0.4, 0.5) is 0 Å². The summed E-state index contributed by atoms with van der Waals surface area (Å²) in [5.74, 6) is -0.866. The Morgan fingerprint density at radius 3 is 2.53 bits per heavy atom. The maximum Gasteiger partial charge on any atom is 0.303 e. The van der Waals surface area contributed by atoms with Gasteiger partial charge in [0.2, 0.25) is 5.91 Å². The molecular weight excluding hydrogens is 246 g/mol. The second-order valence-electron chi connectivity index (χ2n) is 6.01. The molecule has 1 fully saturated rings. The van der Waals surface area contributed by atoms with Crippen molar-refractivity contribution in [2.45, 2.75) is 77.0 Å². The Kier molecular flexibility index (Phi) is 5.79. The fourth-order valence-electron chi connectivity index (χ4n) is 2.31. The first-order valence-corrected chi connectivity index (χ1v) is 6.97. The first-order chi connectivity index (χ1) is 8.78. The highest BCUT2D eigenvalue weighted by molar-refractivity contribution is 5.76. The molecule has 0 bridgehead atoms. The van der Waals surface area contributed by atoms with Gasteiger partial charge in [-0.25, -0.2) is 0 Å². The smallest absolute Gasteiger partial charge is 0.303 e. The molecular formula is C14H25NO4. The molecule has 0 radical (unpaired) electrons. The van der Waals surface area contributed by atoms with Gasteiger partial charge in [-0.15, -0.1) is 0 Å². The molecule has 1 aliphatic heterocycles. The van der Waals surface area contributed by atoms with Crippen LogP contribution in [-0.2, 0) is 14.3 Å². The molecule has 0 saturated carbocycles. The molecule has 0 aromatic carbocycles. The molecule has 5 nitrogen and oxygen atoms in total. The number of carboxylic acids is 1. The molecule has 110 valence electrons. The van der Waals surface area contributed by atoms with Gasteiger partial charge in [-0.05, 0) is 46.5 Å². The molecule has 5 heteroatoms. The van der Waals surface area contributed by atoms with Gasteiger partial charge in [-0.1, -0.05) is 0 Å². The van der Waals surface area contributed by atoms with Crippen LogP contribution in [0.5, 0.6) is 0 Å². The van der Waals surface area contributed by atoms with Crippen molar-refractivity contribution in [3.05, 3.63) is 0 Å². The van der Waals surface area contributed by atoms with Crippen LogP contribution in [0.2, 0.25) is 0 Å². The number of carboxylic acid groups (broad SMARTS) is 1. The lowest BCUT2D eigenvalue weighted by molar-refractivity contribution is -0.137. The molecule has 1 amide bonds. The number of hydrogen-bond acceptors (Lipinski definition) is 3. The van der Waals surface area contributed by atoms with Crippen LogP contribution in [-0.4, -0.2) is 34.7 Å². The van der Waals surface area contributed by atoms with Crippen molar-refractivity contribution in [1.29, 1.82) is 0 Å². The Balaban J connectivity index is 2.24. The van der Waals surface area contributed by atoms with Crippen LogP contribution in [0, 0.1) is 0 Å². The van der Waals surface area contributed by atoms with Gasteiger partial charge in [0, 0.05) is 18.4 Å². The minimum atomic E-state index is -0.837. The Hall–Kier alpha value is -1.10. The van der Waals surface area contributed by atoms with E-state index >= 15 is 0 Å². The summed E-state index contributed by atoms with van der Waals surface area (Å²) < 4.78 is 5.66. The van der Waals surface area contributed by atoms with E-state index < -0.39 is 11.5 Å². The molecule has 0 aromatic heterocycles. The molecule has 2 atom stereocenters. The summed E-state index contributed by atoms with van der Waals surface area (Å²) in [5, 5.41) is 11.5. The zero-order valence-corrected chi connectivity index (χ0v) is 12.1. The summed E-state index contributed by atoms with van der Waals surface area (Å²) in [5.41, 5.74) is -0.473. The van der Waals surface area contributed by atoms with E-state index in [2.05, 4.69) is 12.2 Å². The van der Waals surface area contributed by atoms with Gasteiger partial charge in [-0.3, -0.25) is 9.59 Å². The van der Waals surface area contributed by atoms with Crippen LogP contribution >= 0.6 is 0 Å². The summed E-state index contributed by atoms with van der Waals surface area (Å²) in [7, 11) is 0. The van der Waals surface area contributed by atoms with E-state index in [1.807, 2.05) is 13.8 Å². The molecule has 0 aromatic rings. The van der Waals surface area contributed by atoms with Gasteiger partial charge in [0.25, 0.3) is 0 Å². The zero-order valence-electron chi connectivity index (χ0n) is 12.1. The SMILES string of the molecule is C[C@H]1CC[C@H](CCC(=O)NC(C)(C)CCC(=O)O)O1. The summed E-state index contributed by atoms with van der Waals surface area (Å²) in [4.78, 5) is 22.4. The van der Waals surface area contributed by atoms with E-state index in [0.717, 1.165) is 19.3 Å². The van der Waals surface area contributed by atoms with Crippen LogP contribution in [0.3, 0.4) is 0 Å². The number of hydrogen-bond donors (Lipinski definition) is 2. The monoisotopic (exact) mass is 271 g/mol. The van der Waals surface area contributed by atoms with Crippen molar-refractivity contribution in [2.75, 3.05) is 0 Å². The van der Waals surface area contributed by atoms with E-state index in [0.29, 0.717) is 18.9 Å². The number of carbonyl (C=O) groups is 2. The lowest BCUT2D eigenvalue weighted by atomic mass is 9.98. The molecule has 1 saturated heterocycles. The maximum absolute atomic E-state index is 11.8. The lowest BCUT2D eigenvalue weighted by Gasteiger charge is -2.26. The average molecular weight is 271 g/mol. The summed E-state index contributed by atoms with van der Waals surface area (Å²) in [6.45, 7) is 5.75. The first-order valence-electron chi connectivity index (χ1n) is 6.97. The Labute approximate surface area is 114 Å². The lowest BCUT2D eigenvalue weighted by Crippen LogP contribution is -2.43. The van der Waals surface area contributed by atoms with Gasteiger partial charge in [0.1, 0.15) is 0 Å². The van der Waals surface area contributed by atoms with Crippen molar-refractivity contribution in [2.24, 2.45) is 0 Å². The van der Waals surface area contributed by atoms with E-state index in [1.165, 1.54) is 0 Å². The topological polar surface area (TPSA) is 75.6 Å². The van der Waals surface area contributed by atoms with Gasteiger partial charge in [-0.2, -0.15) is 0 Å². The molecule has 1 aliphatic rings. The number of nitrogens with one attached hydrogen (secondary N) is 1. The standard InChI is InChI=1S/C14H25NO4/c1-10-4-5-11(19-10)6-7-12(16)15-14(2,3)9-8-13(17)18/h10-11H,4-9H2,1-3H3,(H,15,16)(H,17,18)/t10-,11+/m0/s1. The molecule has 0 aliphatic carbocycles. The fraction of sp³-hybridized carbons (Fsp3) is 0.857. The summed E-state index contributed by atoms with van der Waals surface area (Å²) in [6.07, 6.45) is 4.27. The van der Waals surface area contributed by atoms with E-state index in [4.69, 9.17) is 9.84 Å². The highest BCUT2D eigenvalue weighted by Gasteiger charge is 2.24. The Bertz CT molecular complexity index is 327. The third-order valence-corrected chi connectivity index (χ3v) is 3.45. The second-order valence-corrected chi connectivity index (χ2v) is 6.01. The Morgan fingerprint density at radius 1 is 1.32 bits per heavy atom. The summed E-state index contributed by atoms with van der Waals surface area (Å²) in [6, 6.07) is 0. The summed E-state index contributed by atoms with van der Waals surface area (Å²) >= 11 is 0. The minimum Gasteiger partial charge on any atom is -0.481 e. The number of aliphatic carboxylic acids is 1. The quantitative estimate of drug-likeness (QED) is 0.743. The molecule has 0 unspecified atom stereocenters. The molecule has 1 heterocycles. The predicted molar refractivity (Wildman–Crippen MR) is 71.9 cm³/mol. The number of rotatable bonds is 7. The van der Waals surface area contributed by atoms with Crippen molar-refractivity contribution in [3.8, 4) is 0 Å². The van der Waals surface area contributed by atoms with E-state index in [1.54, 1.807) is 0 Å². The van der Waals surface area contributed by atoms with Crippen LogP contribution in [0.25, 0.3) is 0 Å². The normalized spacial score (nSPS) is 23.3. The van der Waals surface area contributed by atoms with Crippen molar-refractivity contribution < 1.29 is 19.4 Å². The third-order valence-electron chi connectivity index (χ3n) is 3.45. The Morgan fingerprint density at radius 2 is 2.00 bits per heavy atom. The van der Waals surface area contributed by atoms with E-state index in [9.17, 15) is 9.59 Å². The third kappa shape index (κ3) is 6.57. The number of carbonyl (C=O) groups excluding carboxylic acids is 1. The fourth-order valence-corrected chi connectivity index (χ4v) is 2.31. The minimum absolute atomic E-state index is 0.0291. The predicted octanol–water partition coefficient (Wildman–Crippen LogP) is 2.09. The van der Waals surface area contributed by atoms with Crippen LogP contribution < -0.4 is 5.32 Å². The molecule has 2 N–H and O–H groups in total. The van der Waals surface area contributed by atoms with Crippen molar-refractivity contribution >= 4 is 11.9 Å². The van der Waals surface area contributed by atoms with Crippen LogP contribution in [0.1, 0.15) is 59.3 Å². The highest BCUT2D eigenvalue weighted by atomic mass is 16.5. The largest absolute Gasteiger partial charge is 0.481 e. The zero-order chi connectivity index (χ0) is 14.5. The highest BCUT2D eigenvalue weighted by Crippen LogP contribution is 2.22. The van der Waals surface area contributed by atoms with Crippen LogP contribution in [0.15, 0.2) is 0 Å². The second kappa shape index (κ2) is 6.89. The number of amides is 1. The maximum atomic E-state index is 11.8. The van der Waals surface area contributed by atoms with Gasteiger partial charge >= 0.3 is 5.97 Å². The first kappa shape index (κ1) is 16.0. The number of ether oxygens (including phenoxy) is 1. The van der Waals surface area contributed by atoms with Gasteiger partial charge in [0.15, 0.2) is 0 Å². The average Bonchev–Trinajstić information content (AvgIpc) is 2.69. The van der Waals surface area contributed by atoms with E-state index in [-0.39, 0.29) is 18.4 Å². The van der Waals surface area contributed by atoms with Gasteiger partial charge in [0.05, 0.1) is 12.2 Å². The molecule has 0 spiro atoms. The van der Waals surface area contributed by atoms with Crippen molar-refractivity contribution in [3.63, 3.8) is 0 Å².